The van der Waals surface area contributed by atoms with Crippen LogP contribution in [-0.2, 0) is 9.53 Å². The predicted molar refractivity (Wildman–Crippen MR) is 89.0 cm³/mol. The lowest BCUT2D eigenvalue weighted by Gasteiger charge is -2.20. The molecule has 23 heavy (non-hydrogen) atoms. The summed E-state index contributed by atoms with van der Waals surface area (Å²) in [4.78, 5) is 11.4. The Balaban J connectivity index is 2.18. The second kappa shape index (κ2) is 8.08. The number of rotatable bonds is 7. The largest absolute Gasteiger partial charge is 0.493 e. The van der Waals surface area contributed by atoms with Crippen molar-refractivity contribution in [3.63, 3.8) is 0 Å². The summed E-state index contributed by atoms with van der Waals surface area (Å²) in [6.07, 6.45) is -0.424. The van der Waals surface area contributed by atoms with Gasteiger partial charge in [0, 0.05) is 12.6 Å². The van der Waals surface area contributed by atoms with Gasteiger partial charge in [-0.1, -0.05) is 24.3 Å². The fourth-order valence-electron chi connectivity index (χ4n) is 2.25. The van der Waals surface area contributed by atoms with Gasteiger partial charge in [-0.3, -0.25) is 4.79 Å². The van der Waals surface area contributed by atoms with Gasteiger partial charge in [0.05, 0.1) is 20.8 Å². The van der Waals surface area contributed by atoms with E-state index in [1.807, 2.05) is 42.5 Å². The number of nitrogens with one attached hydrogen (secondary N) is 1. The third-order valence-corrected chi connectivity index (χ3v) is 3.35. The molecule has 0 spiro atoms. The molecule has 0 aliphatic carbocycles. The number of ether oxygens (including phenoxy) is 3. The Morgan fingerprint density at radius 3 is 2.35 bits per heavy atom. The van der Waals surface area contributed by atoms with Crippen molar-refractivity contribution in [3.05, 3.63) is 54.1 Å². The molecular formula is C18H21NO4. The van der Waals surface area contributed by atoms with Gasteiger partial charge in [-0.15, -0.1) is 0 Å². The zero-order chi connectivity index (χ0) is 16.7. The summed E-state index contributed by atoms with van der Waals surface area (Å²) in [6.45, 7) is 1.86. The number of carbonyl (C=O) groups is 1. The second-order valence-electron chi connectivity index (χ2n) is 4.96. The molecule has 0 bridgehead atoms. The standard InChI is InChI=1S/C18H21NO4/c1-13(20)23-18(12-19-15-7-5-4-6-8-15)14-9-10-16(21-2)17(11-14)22-3/h4-11,18-19H,12H2,1-3H3. The molecule has 0 aliphatic rings. The number of esters is 1. The summed E-state index contributed by atoms with van der Waals surface area (Å²) >= 11 is 0. The van der Waals surface area contributed by atoms with E-state index in [9.17, 15) is 4.79 Å². The minimum atomic E-state index is -0.424. The third kappa shape index (κ3) is 4.64. The lowest BCUT2D eigenvalue weighted by molar-refractivity contribution is -0.146. The zero-order valence-corrected chi connectivity index (χ0v) is 13.5. The normalized spacial score (nSPS) is 11.4. The Labute approximate surface area is 136 Å². The van der Waals surface area contributed by atoms with E-state index in [2.05, 4.69) is 5.32 Å². The Kier molecular flexibility index (Phi) is 5.86. The van der Waals surface area contributed by atoms with E-state index in [1.54, 1.807) is 20.3 Å². The minimum absolute atomic E-state index is 0.334. The first-order chi connectivity index (χ1) is 11.1. The Morgan fingerprint density at radius 1 is 1.04 bits per heavy atom. The summed E-state index contributed by atoms with van der Waals surface area (Å²) in [5, 5.41) is 3.27. The molecule has 1 N–H and O–H groups in total. The van der Waals surface area contributed by atoms with E-state index in [4.69, 9.17) is 14.2 Å². The molecule has 2 rings (SSSR count). The fourth-order valence-corrected chi connectivity index (χ4v) is 2.25. The molecule has 0 saturated heterocycles. The van der Waals surface area contributed by atoms with Crippen molar-refractivity contribution in [1.29, 1.82) is 0 Å². The highest BCUT2D eigenvalue weighted by Gasteiger charge is 2.17. The Hall–Kier alpha value is -2.69. The van der Waals surface area contributed by atoms with E-state index < -0.39 is 6.10 Å². The van der Waals surface area contributed by atoms with Gasteiger partial charge >= 0.3 is 5.97 Å². The van der Waals surface area contributed by atoms with Crippen molar-refractivity contribution in [3.8, 4) is 11.5 Å². The number of anilines is 1. The van der Waals surface area contributed by atoms with Gasteiger partial charge in [0.15, 0.2) is 11.5 Å². The topological polar surface area (TPSA) is 56.8 Å². The highest BCUT2D eigenvalue weighted by Crippen LogP contribution is 2.31. The average molecular weight is 315 g/mol. The van der Waals surface area contributed by atoms with Crippen LogP contribution in [0.1, 0.15) is 18.6 Å². The van der Waals surface area contributed by atoms with Crippen LogP contribution in [0.5, 0.6) is 11.5 Å². The lowest BCUT2D eigenvalue weighted by Crippen LogP contribution is -2.18. The summed E-state index contributed by atoms with van der Waals surface area (Å²) in [7, 11) is 3.16. The van der Waals surface area contributed by atoms with E-state index in [1.165, 1.54) is 6.92 Å². The molecule has 1 unspecified atom stereocenters. The minimum Gasteiger partial charge on any atom is -0.493 e. The van der Waals surface area contributed by atoms with Crippen LogP contribution in [0.3, 0.4) is 0 Å². The smallest absolute Gasteiger partial charge is 0.303 e. The molecule has 0 aromatic heterocycles. The van der Waals surface area contributed by atoms with Crippen LogP contribution in [0.25, 0.3) is 0 Å². The molecule has 2 aromatic carbocycles. The van der Waals surface area contributed by atoms with Gasteiger partial charge in [0.2, 0.25) is 0 Å². The molecule has 1 atom stereocenters. The van der Waals surface area contributed by atoms with E-state index in [0.717, 1.165) is 11.3 Å². The number of methoxy groups -OCH3 is 2. The van der Waals surface area contributed by atoms with Gasteiger partial charge in [0.1, 0.15) is 6.10 Å². The maximum atomic E-state index is 11.4. The van der Waals surface area contributed by atoms with Crippen molar-refractivity contribution in [2.24, 2.45) is 0 Å². The first-order valence-electron chi connectivity index (χ1n) is 7.32. The summed E-state index contributed by atoms with van der Waals surface area (Å²) < 4.78 is 16.0. The summed E-state index contributed by atoms with van der Waals surface area (Å²) in [5.41, 5.74) is 1.80. The Bertz CT molecular complexity index is 643. The van der Waals surface area contributed by atoms with Crippen LogP contribution in [0.15, 0.2) is 48.5 Å². The number of carbonyl (C=O) groups excluding carboxylic acids is 1. The average Bonchev–Trinajstić information content (AvgIpc) is 2.58. The van der Waals surface area contributed by atoms with Crippen molar-refractivity contribution >= 4 is 11.7 Å². The summed E-state index contributed by atoms with van der Waals surface area (Å²) in [6, 6.07) is 15.2. The van der Waals surface area contributed by atoms with Crippen molar-refractivity contribution in [1.82, 2.24) is 0 Å². The molecule has 0 saturated carbocycles. The highest BCUT2D eigenvalue weighted by atomic mass is 16.5. The maximum Gasteiger partial charge on any atom is 0.303 e. The monoisotopic (exact) mass is 315 g/mol. The van der Waals surface area contributed by atoms with Crippen molar-refractivity contribution < 1.29 is 19.0 Å². The molecule has 0 amide bonds. The predicted octanol–water partition coefficient (Wildman–Crippen LogP) is 3.42. The van der Waals surface area contributed by atoms with E-state index in [-0.39, 0.29) is 5.97 Å². The second-order valence-corrected chi connectivity index (χ2v) is 4.96. The molecule has 0 aliphatic heterocycles. The van der Waals surface area contributed by atoms with Crippen LogP contribution in [-0.4, -0.2) is 26.7 Å². The van der Waals surface area contributed by atoms with Gasteiger partial charge < -0.3 is 19.5 Å². The zero-order valence-electron chi connectivity index (χ0n) is 13.5. The number of para-hydroxylation sites is 1. The van der Waals surface area contributed by atoms with Gasteiger partial charge in [-0.2, -0.15) is 0 Å². The van der Waals surface area contributed by atoms with Gasteiger partial charge in [-0.25, -0.2) is 0 Å². The Morgan fingerprint density at radius 2 is 1.74 bits per heavy atom. The van der Waals surface area contributed by atoms with E-state index >= 15 is 0 Å². The van der Waals surface area contributed by atoms with Crippen molar-refractivity contribution in [2.45, 2.75) is 13.0 Å². The summed E-state index contributed by atoms with van der Waals surface area (Å²) in [5.74, 6) is 0.898. The lowest BCUT2D eigenvalue weighted by atomic mass is 10.1. The third-order valence-electron chi connectivity index (χ3n) is 3.35. The molecule has 0 fully saturated rings. The quantitative estimate of drug-likeness (QED) is 0.793. The van der Waals surface area contributed by atoms with Crippen molar-refractivity contribution in [2.75, 3.05) is 26.1 Å². The molecule has 122 valence electrons. The molecule has 5 heteroatoms. The van der Waals surface area contributed by atoms with Crippen LogP contribution < -0.4 is 14.8 Å². The molecule has 2 aromatic rings. The van der Waals surface area contributed by atoms with Gasteiger partial charge in [-0.05, 0) is 29.8 Å². The number of hydrogen-bond donors (Lipinski definition) is 1. The van der Waals surface area contributed by atoms with Gasteiger partial charge in [0.25, 0.3) is 0 Å². The van der Waals surface area contributed by atoms with Crippen LogP contribution >= 0.6 is 0 Å². The maximum absolute atomic E-state index is 11.4. The molecule has 0 radical (unpaired) electrons. The molecule has 0 heterocycles. The van der Waals surface area contributed by atoms with Crippen LogP contribution in [0.2, 0.25) is 0 Å². The molecular weight excluding hydrogens is 294 g/mol. The SMILES string of the molecule is COc1ccc(C(CNc2ccccc2)OC(C)=O)cc1OC. The van der Waals surface area contributed by atoms with E-state index in [0.29, 0.717) is 18.0 Å². The first-order valence-corrected chi connectivity index (χ1v) is 7.32. The van der Waals surface area contributed by atoms with Crippen LogP contribution in [0, 0.1) is 0 Å². The fraction of sp³-hybridized carbons (Fsp3) is 0.278. The number of benzene rings is 2. The highest BCUT2D eigenvalue weighted by molar-refractivity contribution is 5.66. The molecule has 5 nitrogen and oxygen atoms in total. The first kappa shape index (κ1) is 16.7. The van der Waals surface area contributed by atoms with Crippen LogP contribution in [0.4, 0.5) is 5.69 Å². The number of hydrogen-bond acceptors (Lipinski definition) is 5.